The van der Waals surface area contributed by atoms with Crippen LogP contribution in [0.3, 0.4) is 0 Å². The zero-order valence-electron chi connectivity index (χ0n) is 13.8. The molecule has 2 aromatic carbocycles. The van der Waals surface area contributed by atoms with E-state index in [0.29, 0.717) is 13.2 Å². The molecule has 4 nitrogen and oxygen atoms in total. The maximum Gasteiger partial charge on any atom is 0.191 e. The van der Waals surface area contributed by atoms with Gasteiger partial charge in [0.2, 0.25) is 0 Å². The molecule has 4 heteroatoms. The fourth-order valence-corrected chi connectivity index (χ4v) is 2.19. The summed E-state index contributed by atoms with van der Waals surface area (Å²) in [5.41, 5.74) is 1.23. The van der Waals surface area contributed by atoms with Crippen LogP contribution in [0.15, 0.2) is 65.7 Å². The lowest BCUT2D eigenvalue weighted by Crippen LogP contribution is -2.39. The Balaban J connectivity index is 1.84. The number of nitrogens with zero attached hydrogens (tertiary/aromatic N) is 1. The van der Waals surface area contributed by atoms with E-state index in [4.69, 9.17) is 4.74 Å². The Morgan fingerprint density at radius 1 is 1.04 bits per heavy atom. The maximum atomic E-state index is 5.66. The predicted molar refractivity (Wildman–Crippen MR) is 95.9 cm³/mol. The number of nitrogens with one attached hydrogen (secondary N) is 2. The molecule has 0 fully saturated rings. The fraction of sp³-hybridized carbons (Fsp3) is 0.316. The molecule has 0 bridgehead atoms. The smallest absolute Gasteiger partial charge is 0.191 e. The van der Waals surface area contributed by atoms with Crippen molar-refractivity contribution in [2.45, 2.75) is 19.9 Å². The van der Waals surface area contributed by atoms with Crippen LogP contribution >= 0.6 is 0 Å². The average Bonchev–Trinajstić information content (AvgIpc) is 2.60. The molecule has 0 amide bonds. The topological polar surface area (TPSA) is 45.7 Å². The van der Waals surface area contributed by atoms with Gasteiger partial charge in [-0.15, -0.1) is 0 Å². The summed E-state index contributed by atoms with van der Waals surface area (Å²) in [6.45, 7) is 6.17. The third-order valence-electron chi connectivity index (χ3n) is 3.37. The Bertz CT molecular complexity index is 584. The van der Waals surface area contributed by atoms with E-state index in [1.54, 1.807) is 0 Å². The molecular formula is C19H25N3O. The van der Waals surface area contributed by atoms with Gasteiger partial charge in [0.05, 0.1) is 12.6 Å². The number of hydrogen-bond acceptors (Lipinski definition) is 2. The molecule has 0 heterocycles. The second-order valence-corrected chi connectivity index (χ2v) is 5.20. The van der Waals surface area contributed by atoms with Crippen LogP contribution in [-0.4, -0.2) is 25.7 Å². The van der Waals surface area contributed by atoms with E-state index in [0.717, 1.165) is 18.3 Å². The molecule has 0 saturated heterocycles. The van der Waals surface area contributed by atoms with Crippen molar-refractivity contribution < 1.29 is 4.74 Å². The normalized spacial score (nSPS) is 12.5. The summed E-state index contributed by atoms with van der Waals surface area (Å²) in [5, 5.41) is 6.68. The lowest BCUT2D eigenvalue weighted by Gasteiger charge is -2.18. The summed E-state index contributed by atoms with van der Waals surface area (Å²) in [6, 6.07) is 20.3. The second-order valence-electron chi connectivity index (χ2n) is 5.20. The van der Waals surface area contributed by atoms with Crippen molar-refractivity contribution in [3.05, 3.63) is 66.2 Å². The third kappa shape index (κ3) is 6.02. The van der Waals surface area contributed by atoms with Gasteiger partial charge in [-0.05, 0) is 31.5 Å². The van der Waals surface area contributed by atoms with Crippen LogP contribution in [0.1, 0.15) is 25.5 Å². The molecule has 0 spiro atoms. The molecule has 0 saturated carbocycles. The van der Waals surface area contributed by atoms with E-state index < -0.39 is 0 Å². The summed E-state index contributed by atoms with van der Waals surface area (Å²) in [4.78, 5) is 4.56. The molecule has 2 rings (SSSR count). The van der Waals surface area contributed by atoms with Gasteiger partial charge in [0.1, 0.15) is 12.4 Å². The van der Waals surface area contributed by atoms with E-state index in [1.165, 1.54) is 5.56 Å². The van der Waals surface area contributed by atoms with Crippen LogP contribution in [0.2, 0.25) is 0 Å². The van der Waals surface area contributed by atoms with Gasteiger partial charge in [-0.25, -0.2) is 4.99 Å². The predicted octanol–water partition coefficient (Wildman–Crippen LogP) is 3.38. The highest BCUT2D eigenvalue weighted by Crippen LogP contribution is 2.11. The molecule has 2 N–H and O–H groups in total. The highest BCUT2D eigenvalue weighted by Gasteiger charge is 2.06. The van der Waals surface area contributed by atoms with Gasteiger partial charge in [0, 0.05) is 6.54 Å². The van der Waals surface area contributed by atoms with E-state index >= 15 is 0 Å². The van der Waals surface area contributed by atoms with Gasteiger partial charge in [-0.3, -0.25) is 0 Å². The second kappa shape index (κ2) is 9.51. The Morgan fingerprint density at radius 2 is 1.70 bits per heavy atom. The molecule has 1 unspecified atom stereocenters. The van der Waals surface area contributed by atoms with Crippen LogP contribution in [0.4, 0.5) is 0 Å². The van der Waals surface area contributed by atoms with Crippen LogP contribution in [0.25, 0.3) is 0 Å². The Hall–Kier alpha value is -2.49. The number of aliphatic imine (C=N–C) groups is 1. The molecule has 0 aromatic heterocycles. The van der Waals surface area contributed by atoms with Crippen molar-refractivity contribution in [1.29, 1.82) is 0 Å². The average molecular weight is 311 g/mol. The zero-order chi connectivity index (χ0) is 16.3. The number of para-hydroxylation sites is 1. The van der Waals surface area contributed by atoms with Crippen molar-refractivity contribution in [2.24, 2.45) is 4.99 Å². The number of benzene rings is 2. The van der Waals surface area contributed by atoms with Crippen LogP contribution in [0, 0.1) is 0 Å². The van der Waals surface area contributed by atoms with Gasteiger partial charge in [-0.2, -0.15) is 0 Å². The van der Waals surface area contributed by atoms with E-state index in [1.807, 2.05) is 48.5 Å². The van der Waals surface area contributed by atoms with Crippen LogP contribution < -0.4 is 15.4 Å². The SMILES string of the molecule is CCNC(=NCCOc1ccccc1)NC(C)c1ccccc1. The van der Waals surface area contributed by atoms with E-state index in [9.17, 15) is 0 Å². The molecule has 23 heavy (non-hydrogen) atoms. The first-order valence-corrected chi connectivity index (χ1v) is 8.07. The monoisotopic (exact) mass is 311 g/mol. The van der Waals surface area contributed by atoms with Gasteiger partial charge in [-0.1, -0.05) is 48.5 Å². The van der Waals surface area contributed by atoms with E-state index in [-0.39, 0.29) is 6.04 Å². The highest BCUT2D eigenvalue weighted by molar-refractivity contribution is 5.80. The number of ether oxygens (including phenoxy) is 1. The van der Waals surface area contributed by atoms with Gasteiger partial charge < -0.3 is 15.4 Å². The maximum absolute atomic E-state index is 5.66. The van der Waals surface area contributed by atoms with Crippen molar-refractivity contribution >= 4 is 5.96 Å². The third-order valence-corrected chi connectivity index (χ3v) is 3.37. The number of hydrogen-bond donors (Lipinski definition) is 2. The molecule has 1 atom stereocenters. The Morgan fingerprint density at radius 3 is 2.35 bits per heavy atom. The zero-order valence-corrected chi connectivity index (χ0v) is 13.8. The van der Waals surface area contributed by atoms with Crippen LogP contribution in [0.5, 0.6) is 5.75 Å². The van der Waals surface area contributed by atoms with Gasteiger partial charge in [0.15, 0.2) is 5.96 Å². The molecule has 122 valence electrons. The van der Waals surface area contributed by atoms with Crippen molar-refractivity contribution in [1.82, 2.24) is 10.6 Å². The Kier molecular flexibility index (Phi) is 6.98. The Labute approximate surface area is 138 Å². The first-order chi connectivity index (χ1) is 11.3. The van der Waals surface area contributed by atoms with Crippen LogP contribution in [-0.2, 0) is 0 Å². The number of guanidine groups is 1. The minimum Gasteiger partial charge on any atom is -0.492 e. The lowest BCUT2D eigenvalue weighted by molar-refractivity contribution is 0.328. The molecule has 0 aliphatic carbocycles. The first-order valence-electron chi connectivity index (χ1n) is 8.07. The summed E-state index contributed by atoms with van der Waals surface area (Å²) in [6.07, 6.45) is 0. The largest absolute Gasteiger partial charge is 0.492 e. The van der Waals surface area contributed by atoms with Crippen molar-refractivity contribution in [3.8, 4) is 5.75 Å². The molecule has 0 radical (unpaired) electrons. The lowest BCUT2D eigenvalue weighted by atomic mass is 10.1. The van der Waals surface area contributed by atoms with Crippen molar-refractivity contribution in [3.63, 3.8) is 0 Å². The minimum absolute atomic E-state index is 0.198. The highest BCUT2D eigenvalue weighted by atomic mass is 16.5. The van der Waals surface area contributed by atoms with Crippen molar-refractivity contribution in [2.75, 3.05) is 19.7 Å². The number of rotatable bonds is 7. The first kappa shape index (κ1) is 16.9. The van der Waals surface area contributed by atoms with Gasteiger partial charge >= 0.3 is 0 Å². The molecule has 0 aliphatic rings. The summed E-state index contributed by atoms with van der Waals surface area (Å²) in [5.74, 6) is 1.68. The molecule has 0 aliphatic heterocycles. The standard InChI is InChI=1S/C19H25N3O/c1-3-20-19(22-16(2)17-10-6-4-7-11-17)21-14-15-23-18-12-8-5-9-13-18/h4-13,16H,3,14-15H2,1-2H3,(H2,20,21,22). The summed E-state index contributed by atoms with van der Waals surface area (Å²) < 4.78 is 5.66. The van der Waals surface area contributed by atoms with E-state index in [2.05, 4.69) is 41.6 Å². The summed E-state index contributed by atoms with van der Waals surface area (Å²) in [7, 11) is 0. The van der Waals surface area contributed by atoms with Gasteiger partial charge in [0.25, 0.3) is 0 Å². The fourth-order valence-electron chi connectivity index (χ4n) is 2.19. The quantitative estimate of drug-likeness (QED) is 0.468. The molecule has 2 aromatic rings. The summed E-state index contributed by atoms with van der Waals surface area (Å²) >= 11 is 0. The minimum atomic E-state index is 0.198. The molecular weight excluding hydrogens is 286 g/mol.